The molecule has 1 aliphatic rings. The maximum atomic E-state index is 11.3. The highest BCUT2D eigenvalue weighted by molar-refractivity contribution is 5.68. The molecular formula is C9H17NO2. The first-order valence-corrected chi connectivity index (χ1v) is 4.69. The maximum Gasteiger partial charge on any atom is 0.410 e. The molecule has 3 heteroatoms. The van der Waals surface area contributed by atoms with Crippen molar-refractivity contribution < 1.29 is 9.53 Å². The molecule has 0 spiro atoms. The molecular weight excluding hydrogens is 154 g/mol. The van der Waals surface area contributed by atoms with Crippen LogP contribution in [0.1, 0.15) is 33.1 Å². The number of amides is 1. The van der Waals surface area contributed by atoms with E-state index in [2.05, 4.69) is 0 Å². The summed E-state index contributed by atoms with van der Waals surface area (Å²) in [4.78, 5) is 13.1. The predicted octanol–water partition coefficient (Wildman–Crippen LogP) is 2.02. The summed E-state index contributed by atoms with van der Waals surface area (Å²) < 4.78 is 5.17. The van der Waals surface area contributed by atoms with Crippen molar-refractivity contribution >= 4 is 6.09 Å². The van der Waals surface area contributed by atoms with Gasteiger partial charge in [0.1, 0.15) is 6.10 Å². The van der Waals surface area contributed by atoms with Gasteiger partial charge in [0.25, 0.3) is 0 Å². The molecule has 1 unspecified atom stereocenters. The molecule has 3 nitrogen and oxygen atoms in total. The zero-order valence-corrected chi connectivity index (χ0v) is 7.88. The van der Waals surface area contributed by atoms with Crippen molar-refractivity contribution in [2.75, 3.05) is 13.1 Å². The lowest BCUT2D eigenvalue weighted by molar-refractivity contribution is 0.0748. The van der Waals surface area contributed by atoms with Crippen LogP contribution in [-0.4, -0.2) is 30.2 Å². The third-order valence-electron chi connectivity index (χ3n) is 2.24. The van der Waals surface area contributed by atoms with Crippen LogP contribution in [0.15, 0.2) is 0 Å². The van der Waals surface area contributed by atoms with Crippen molar-refractivity contribution in [3.8, 4) is 0 Å². The molecule has 0 saturated carbocycles. The van der Waals surface area contributed by atoms with E-state index in [1.54, 1.807) is 4.90 Å². The van der Waals surface area contributed by atoms with E-state index in [0.717, 1.165) is 32.4 Å². The van der Waals surface area contributed by atoms with Crippen LogP contribution in [0.2, 0.25) is 0 Å². The van der Waals surface area contributed by atoms with Crippen LogP contribution in [-0.2, 0) is 4.74 Å². The monoisotopic (exact) mass is 171 g/mol. The van der Waals surface area contributed by atoms with Gasteiger partial charge in [0.2, 0.25) is 0 Å². The van der Waals surface area contributed by atoms with Crippen LogP contribution >= 0.6 is 0 Å². The molecule has 1 atom stereocenters. The first kappa shape index (κ1) is 9.36. The van der Waals surface area contributed by atoms with E-state index in [1.165, 1.54) is 0 Å². The molecule has 0 aromatic rings. The third-order valence-corrected chi connectivity index (χ3v) is 2.24. The van der Waals surface area contributed by atoms with Gasteiger partial charge < -0.3 is 9.64 Å². The van der Waals surface area contributed by atoms with Crippen molar-refractivity contribution in [1.29, 1.82) is 0 Å². The number of nitrogens with zero attached hydrogens (tertiary/aromatic N) is 1. The van der Waals surface area contributed by atoms with Gasteiger partial charge in [-0.25, -0.2) is 4.79 Å². The van der Waals surface area contributed by atoms with Crippen LogP contribution in [0.3, 0.4) is 0 Å². The lowest BCUT2D eigenvalue weighted by atomic mass is 10.3. The number of hydrogen-bond donors (Lipinski definition) is 0. The quantitative estimate of drug-likeness (QED) is 0.636. The van der Waals surface area contributed by atoms with E-state index in [0.29, 0.717) is 0 Å². The third kappa shape index (κ3) is 2.40. The van der Waals surface area contributed by atoms with E-state index in [1.807, 2.05) is 13.8 Å². The Balaban J connectivity index is 2.27. The van der Waals surface area contributed by atoms with Gasteiger partial charge in [0.15, 0.2) is 0 Å². The largest absolute Gasteiger partial charge is 0.446 e. The summed E-state index contributed by atoms with van der Waals surface area (Å²) >= 11 is 0. The van der Waals surface area contributed by atoms with E-state index >= 15 is 0 Å². The van der Waals surface area contributed by atoms with Crippen LogP contribution in [0.25, 0.3) is 0 Å². The highest BCUT2D eigenvalue weighted by atomic mass is 16.6. The normalized spacial score (nSPS) is 19.3. The number of carbonyl (C=O) groups is 1. The smallest absolute Gasteiger partial charge is 0.410 e. The lowest BCUT2D eigenvalue weighted by Crippen LogP contribution is -2.30. The standard InChI is InChI=1S/C9H17NO2/c1-3-8(2)12-9(11)10-6-4-5-7-10/h8H,3-7H2,1-2H3. The van der Waals surface area contributed by atoms with E-state index < -0.39 is 0 Å². The summed E-state index contributed by atoms with van der Waals surface area (Å²) in [5, 5.41) is 0. The van der Waals surface area contributed by atoms with Crippen LogP contribution < -0.4 is 0 Å². The minimum absolute atomic E-state index is 0.0538. The molecule has 0 bridgehead atoms. The minimum atomic E-state index is -0.137. The molecule has 1 heterocycles. The SMILES string of the molecule is CCC(C)OC(=O)N1CCCC1. The van der Waals surface area contributed by atoms with Crippen molar-refractivity contribution in [3.05, 3.63) is 0 Å². The highest BCUT2D eigenvalue weighted by Crippen LogP contribution is 2.10. The number of carbonyl (C=O) groups excluding carboxylic acids is 1. The van der Waals surface area contributed by atoms with Gasteiger partial charge in [-0.3, -0.25) is 0 Å². The van der Waals surface area contributed by atoms with E-state index in [4.69, 9.17) is 4.74 Å². The van der Waals surface area contributed by atoms with E-state index in [-0.39, 0.29) is 12.2 Å². The second-order valence-corrected chi connectivity index (χ2v) is 3.30. The topological polar surface area (TPSA) is 29.5 Å². The summed E-state index contributed by atoms with van der Waals surface area (Å²) in [6.45, 7) is 5.68. The second-order valence-electron chi connectivity index (χ2n) is 3.30. The molecule has 0 radical (unpaired) electrons. The second kappa shape index (κ2) is 4.33. The number of likely N-dealkylation sites (tertiary alicyclic amines) is 1. The van der Waals surface area contributed by atoms with Crippen LogP contribution in [0, 0.1) is 0 Å². The molecule has 70 valence electrons. The molecule has 1 saturated heterocycles. The van der Waals surface area contributed by atoms with E-state index in [9.17, 15) is 4.79 Å². The molecule has 1 amide bonds. The average molecular weight is 171 g/mol. The Hall–Kier alpha value is -0.730. The zero-order valence-electron chi connectivity index (χ0n) is 7.88. The van der Waals surface area contributed by atoms with Crippen LogP contribution in [0.5, 0.6) is 0 Å². The molecule has 0 aliphatic carbocycles. The van der Waals surface area contributed by atoms with Gasteiger partial charge in [-0.1, -0.05) is 6.92 Å². The average Bonchev–Trinajstić information content (AvgIpc) is 2.56. The Morgan fingerprint density at radius 2 is 2.08 bits per heavy atom. The molecule has 1 aliphatic heterocycles. The minimum Gasteiger partial charge on any atom is -0.446 e. The van der Waals surface area contributed by atoms with Gasteiger partial charge >= 0.3 is 6.09 Å². The first-order chi connectivity index (χ1) is 5.74. The number of ether oxygens (including phenoxy) is 1. The molecule has 0 aromatic carbocycles. The Labute approximate surface area is 73.7 Å². The molecule has 12 heavy (non-hydrogen) atoms. The summed E-state index contributed by atoms with van der Waals surface area (Å²) in [5.41, 5.74) is 0. The van der Waals surface area contributed by atoms with Crippen molar-refractivity contribution in [2.24, 2.45) is 0 Å². The Bertz CT molecular complexity index is 153. The van der Waals surface area contributed by atoms with Crippen molar-refractivity contribution in [2.45, 2.75) is 39.2 Å². The number of rotatable bonds is 2. The summed E-state index contributed by atoms with van der Waals surface area (Å²) in [5.74, 6) is 0. The fourth-order valence-electron chi connectivity index (χ4n) is 1.23. The maximum absolute atomic E-state index is 11.3. The summed E-state index contributed by atoms with van der Waals surface area (Å²) in [6.07, 6.45) is 3.05. The summed E-state index contributed by atoms with van der Waals surface area (Å²) in [6, 6.07) is 0. The highest BCUT2D eigenvalue weighted by Gasteiger charge is 2.20. The predicted molar refractivity (Wildman–Crippen MR) is 47.0 cm³/mol. The van der Waals surface area contributed by atoms with Gasteiger partial charge in [-0.15, -0.1) is 0 Å². The molecule has 1 fully saturated rings. The Kier molecular flexibility index (Phi) is 3.38. The van der Waals surface area contributed by atoms with Crippen molar-refractivity contribution in [3.63, 3.8) is 0 Å². The lowest BCUT2D eigenvalue weighted by Gasteiger charge is -2.18. The first-order valence-electron chi connectivity index (χ1n) is 4.69. The molecule has 1 rings (SSSR count). The zero-order chi connectivity index (χ0) is 8.97. The Morgan fingerprint density at radius 1 is 1.50 bits per heavy atom. The van der Waals surface area contributed by atoms with Crippen molar-refractivity contribution in [1.82, 2.24) is 4.90 Å². The fraction of sp³-hybridized carbons (Fsp3) is 0.889. The fourth-order valence-corrected chi connectivity index (χ4v) is 1.23. The van der Waals surface area contributed by atoms with Gasteiger partial charge in [0.05, 0.1) is 0 Å². The van der Waals surface area contributed by atoms with Gasteiger partial charge in [-0.2, -0.15) is 0 Å². The van der Waals surface area contributed by atoms with Gasteiger partial charge in [0, 0.05) is 13.1 Å². The van der Waals surface area contributed by atoms with Crippen LogP contribution in [0.4, 0.5) is 4.79 Å². The Morgan fingerprint density at radius 3 is 2.58 bits per heavy atom. The van der Waals surface area contributed by atoms with Gasteiger partial charge in [-0.05, 0) is 26.2 Å². The number of hydrogen-bond acceptors (Lipinski definition) is 2. The summed E-state index contributed by atoms with van der Waals surface area (Å²) in [7, 11) is 0. The molecule has 0 N–H and O–H groups in total. The molecule has 0 aromatic heterocycles.